The van der Waals surface area contributed by atoms with E-state index in [1.54, 1.807) is 0 Å². The highest BCUT2D eigenvalue weighted by Crippen LogP contribution is 2.14. The quantitative estimate of drug-likeness (QED) is 0.719. The van der Waals surface area contributed by atoms with E-state index in [0.29, 0.717) is 18.4 Å². The van der Waals surface area contributed by atoms with Gasteiger partial charge in [-0.15, -0.1) is 0 Å². The molecule has 1 aliphatic rings. The monoisotopic (exact) mass is 255 g/mol. The summed E-state index contributed by atoms with van der Waals surface area (Å²) in [4.78, 5) is 14.1. The van der Waals surface area contributed by atoms with Crippen molar-refractivity contribution < 1.29 is 4.79 Å². The summed E-state index contributed by atoms with van der Waals surface area (Å²) in [6.07, 6.45) is 3.36. The molecule has 2 unspecified atom stereocenters. The molecular weight excluding hydrogens is 226 g/mol. The van der Waals surface area contributed by atoms with Crippen LogP contribution in [-0.4, -0.2) is 43.0 Å². The smallest absolute Gasteiger partial charge is 0.234 e. The van der Waals surface area contributed by atoms with Crippen LogP contribution >= 0.6 is 0 Å². The van der Waals surface area contributed by atoms with Crippen molar-refractivity contribution >= 4 is 5.91 Å². The van der Waals surface area contributed by atoms with Gasteiger partial charge in [0.1, 0.15) is 0 Å². The van der Waals surface area contributed by atoms with E-state index in [2.05, 4.69) is 31.0 Å². The number of hydrogen-bond acceptors (Lipinski definition) is 3. The molecule has 0 aromatic rings. The number of nitrogens with two attached hydrogens (primary N) is 1. The fourth-order valence-corrected chi connectivity index (χ4v) is 2.43. The van der Waals surface area contributed by atoms with E-state index < -0.39 is 0 Å². The Bertz CT molecular complexity index is 255. The molecule has 0 radical (unpaired) electrons. The van der Waals surface area contributed by atoms with E-state index in [1.165, 1.54) is 6.42 Å². The second kappa shape index (κ2) is 7.74. The zero-order valence-corrected chi connectivity index (χ0v) is 12.1. The number of amides is 1. The van der Waals surface area contributed by atoms with Gasteiger partial charge in [-0.1, -0.05) is 13.8 Å². The third kappa shape index (κ3) is 5.83. The van der Waals surface area contributed by atoms with Crippen LogP contribution in [0.5, 0.6) is 0 Å². The summed E-state index contributed by atoms with van der Waals surface area (Å²) < 4.78 is 0. The Morgan fingerprint density at radius 2 is 2.11 bits per heavy atom. The van der Waals surface area contributed by atoms with E-state index in [0.717, 1.165) is 32.5 Å². The highest BCUT2D eigenvalue weighted by Gasteiger charge is 2.23. The molecule has 0 aromatic heterocycles. The van der Waals surface area contributed by atoms with Gasteiger partial charge in [0.2, 0.25) is 5.91 Å². The summed E-state index contributed by atoms with van der Waals surface area (Å²) in [5, 5.41) is 3.08. The van der Waals surface area contributed by atoms with Crippen LogP contribution in [0.3, 0.4) is 0 Å². The lowest BCUT2D eigenvalue weighted by Gasteiger charge is -2.19. The lowest BCUT2D eigenvalue weighted by molar-refractivity contribution is -0.122. The minimum absolute atomic E-state index is 0.156. The van der Waals surface area contributed by atoms with Crippen molar-refractivity contribution in [3.8, 4) is 0 Å². The predicted molar refractivity (Wildman–Crippen MR) is 75.3 cm³/mol. The summed E-state index contributed by atoms with van der Waals surface area (Å²) in [5.74, 6) is 1.44. The van der Waals surface area contributed by atoms with Crippen LogP contribution < -0.4 is 11.1 Å². The molecule has 1 heterocycles. The molecular formula is C14H29N3O. The number of nitrogens with one attached hydrogen (secondary N) is 1. The Hall–Kier alpha value is -0.610. The third-order valence-electron chi connectivity index (χ3n) is 3.65. The SMILES string of the molecule is CC(C)CCC(C)NC(=O)CN1CCC(CN)C1. The normalized spacial score (nSPS) is 22.4. The molecule has 4 nitrogen and oxygen atoms in total. The fourth-order valence-electron chi connectivity index (χ4n) is 2.43. The van der Waals surface area contributed by atoms with Crippen molar-refractivity contribution in [1.29, 1.82) is 0 Å². The van der Waals surface area contributed by atoms with Gasteiger partial charge in [-0.05, 0) is 51.1 Å². The molecule has 4 heteroatoms. The highest BCUT2D eigenvalue weighted by atomic mass is 16.2. The van der Waals surface area contributed by atoms with Crippen LogP contribution in [0.4, 0.5) is 0 Å². The first-order valence-electron chi connectivity index (χ1n) is 7.23. The largest absolute Gasteiger partial charge is 0.353 e. The zero-order chi connectivity index (χ0) is 13.5. The minimum atomic E-state index is 0.156. The van der Waals surface area contributed by atoms with Gasteiger partial charge in [-0.3, -0.25) is 9.69 Å². The van der Waals surface area contributed by atoms with Crippen LogP contribution in [0.25, 0.3) is 0 Å². The first kappa shape index (κ1) is 15.4. The molecule has 1 fully saturated rings. The van der Waals surface area contributed by atoms with Gasteiger partial charge in [-0.2, -0.15) is 0 Å². The number of nitrogens with zero attached hydrogens (tertiary/aromatic N) is 1. The second-order valence-electron chi connectivity index (χ2n) is 6.07. The standard InChI is InChI=1S/C14H29N3O/c1-11(2)4-5-12(3)16-14(18)10-17-7-6-13(8-15)9-17/h11-13H,4-10,15H2,1-3H3,(H,16,18). The molecule has 0 aliphatic carbocycles. The summed E-state index contributed by atoms with van der Waals surface area (Å²) >= 11 is 0. The van der Waals surface area contributed by atoms with Crippen molar-refractivity contribution in [3.05, 3.63) is 0 Å². The maximum Gasteiger partial charge on any atom is 0.234 e. The molecule has 106 valence electrons. The first-order valence-corrected chi connectivity index (χ1v) is 7.23. The summed E-state index contributed by atoms with van der Waals surface area (Å²) in [6.45, 7) is 9.77. The van der Waals surface area contributed by atoms with Gasteiger partial charge >= 0.3 is 0 Å². The minimum Gasteiger partial charge on any atom is -0.353 e. The van der Waals surface area contributed by atoms with E-state index >= 15 is 0 Å². The van der Waals surface area contributed by atoms with Crippen molar-refractivity contribution in [2.75, 3.05) is 26.2 Å². The molecule has 1 saturated heterocycles. The van der Waals surface area contributed by atoms with Crippen molar-refractivity contribution in [2.24, 2.45) is 17.6 Å². The Morgan fingerprint density at radius 3 is 2.67 bits per heavy atom. The van der Waals surface area contributed by atoms with Gasteiger partial charge in [-0.25, -0.2) is 0 Å². The lowest BCUT2D eigenvalue weighted by Crippen LogP contribution is -2.40. The van der Waals surface area contributed by atoms with E-state index in [-0.39, 0.29) is 11.9 Å². The van der Waals surface area contributed by atoms with Gasteiger partial charge in [0.05, 0.1) is 6.54 Å². The van der Waals surface area contributed by atoms with E-state index in [1.807, 2.05) is 0 Å². The Labute approximate surface area is 111 Å². The maximum atomic E-state index is 11.9. The molecule has 1 rings (SSSR count). The number of hydrogen-bond donors (Lipinski definition) is 2. The number of likely N-dealkylation sites (tertiary alicyclic amines) is 1. The Balaban J connectivity index is 2.17. The number of carbonyl (C=O) groups excluding carboxylic acids is 1. The summed E-state index contributed by atoms with van der Waals surface area (Å²) in [5.41, 5.74) is 5.65. The summed E-state index contributed by atoms with van der Waals surface area (Å²) in [6, 6.07) is 0.285. The number of rotatable bonds is 7. The molecule has 0 spiro atoms. The predicted octanol–water partition coefficient (Wildman–Crippen LogP) is 1.21. The van der Waals surface area contributed by atoms with Gasteiger partial charge in [0, 0.05) is 12.6 Å². The van der Waals surface area contributed by atoms with Crippen molar-refractivity contribution in [1.82, 2.24) is 10.2 Å². The molecule has 0 bridgehead atoms. The van der Waals surface area contributed by atoms with Gasteiger partial charge in [0.25, 0.3) is 0 Å². The van der Waals surface area contributed by atoms with E-state index in [4.69, 9.17) is 5.73 Å². The van der Waals surface area contributed by atoms with Crippen LogP contribution in [0.2, 0.25) is 0 Å². The molecule has 3 N–H and O–H groups in total. The van der Waals surface area contributed by atoms with Gasteiger partial charge < -0.3 is 11.1 Å². The Morgan fingerprint density at radius 1 is 1.39 bits per heavy atom. The summed E-state index contributed by atoms with van der Waals surface area (Å²) in [7, 11) is 0. The average Bonchev–Trinajstić information content (AvgIpc) is 2.73. The Kier molecular flexibility index (Phi) is 6.65. The lowest BCUT2D eigenvalue weighted by atomic mass is 10.0. The first-order chi connectivity index (χ1) is 8.51. The molecule has 1 amide bonds. The molecule has 0 aromatic carbocycles. The molecule has 2 atom stereocenters. The second-order valence-corrected chi connectivity index (χ2v) is 6.07. The average molecular weight is 255 g/mol. The van der Waals surface area contributed by atoms with Crippen molar-refractivity contribution in [3.63, 3.8) is 0 Å². The van der Waals surface area contributed by atoms with Crippen LogP contribution in [0, 0.1) is 11.8 Å². The van der Waals surface area contributed by atoms with Crippen molar-refractivity contribution in [2.45, 2.75) is 46.1 Å². The zero-order valence-electron chi connectivity index (χ0n) is 12.1. The third-order valence-corrected chi connectivity index (χ3v) is 3.65. The highest BCUT2D eigenvalue weighted by molar-refractivity contribution is 5.78. The van der Waals surface area contributed by atoms with Gasteiger partial charge in [0.15, 0.2) is 0 Å². The topological polar surface area (TPSA) is 58.4 Å². The van der Waals surface area contributed by atoms with E-state index in [9.17, 15) is 4.79 Å². The van der Waals surface area contributed by atoms with Crippen LogP contribution in [-0.2, 0) is 4.79 Å². The molecule has 18 heavy (non-hydrogen) atoms. The fraction of sp³-hybridized carbons (Fsp3) is 0.929. The van der Waals surface area contributed by atoms with Crippen LogP contribution in [0.15, 0.2) is 0 Å². The molecule has 0 saturated carbocycles. The maximum absolute atomic E-state index is 11.9. The molecule has 1 aliphatic heterocycles. The van der Waals surface area contributed by atoms with Crippen LogP contribution in [0.1, 0.15) is 40.0 Å². The number of carbonyl (C=O) groups is 1.